The van der Waals surface area contributed by atoms with Crippen molar-refractivity contribution in [2.24, 2.45) is 5.92 Å². The Hall–Kier alpha value is -2.45. The van der Waals surface area contributed by atoms with Gasteiger partial charge >= 0.3 is 0 Å². The van der Waals surface area contributed by atoms with Gasteiger partial charge in [0.15, 0.2) is 5.82 Å². The number of benzene rings is 1. The molecular formula is C23H33N5O3. The first-order valence-electron chi connectivity index (χ1n) is 11.4. The van der Waals surface area contributed by atoms with Crippen LogP contribution in [0.15, 0.2) is 24.3 Å². The lowest BCUT2D eigenvalue weighted by molar-refractivity contribution is -0.128. The standard InChI is InChI=1S/C23H33N5O3/c1-3-31-20-7-5-4-6-19(20)16-27-11-8-21-25-26-22(28(21)13-12-27)17(2)24-23(29)18-9-14-30-15-10-18/h4-7,17-18H,3,8-16H2,1-2H3,(H,24,29)/t17-/m0/s1. The number of hydrogen-bond donors (Lipinski definition) is 1. The Morgan fingerprint density at radius 3 is 2.84 bits per heavy atom. The number of aromatic nitrogens is 3. The van der Waals surface area contributed by atoms with Crippen molar-refractivity contribution in [3.8, 4) is 5.75 Å². The molecule has 8 nitrogen and oxygen atoms in total. The molecule has 2 aromatic rings. The molecule has 0 aliphatic carbocycles. The van der Waals surface area contributed by atoms with E-state index < -0.39 is 0 Å². The minimum atomic E-state index is -0.165. The molecule has 3 heterocycles. The minimum absolute atomic E-state index is 0.0311. The van der Waals surface area contributed by atoms with Gasteiger partial charge in [0.2, 0.25) is 5.91 Å². The SMILES string of the molecule is CCOc1ccccc1CN1CCc2nnc([C@H](C)NC(=O)C3CCOCC3)n2CC1. The first-order chi connectivity index (χ1) is 15.2. The average Bonchev–Trinajstić information content (AvgIpc) is 3.10. The molecule has 2 aliphatic heterocycles. The van der Waals surface area contributed by atoms with Crippen molar-refractivity contribution in [1.82, 2.24) is 25.0 Å². The second kappa shape index (κ2) is 10.2. The van der Waals surface area contributed by atoms with Crippen LogP contribution in [0.2, 0.25) is 0 Å². The molecule has 1 saturated heterocycles. The van der Waals surface area contributed by atoms with Crippen molar-refractivity contribution in [2.45, 2.75) is 52.2 Å². The maximum atomic E-state index is 12.6. The van der Waals surface area contributed by atoms with Gasteiger partial charge in [-0.3, -0.25) is 9.69 Å². The van der Waals surface area contributed by atoms with Crippen molar-refractivity contribution in [3.63, 3.8) is 0 Å². The van der Waals surface area contributed by atoms with Crippen LogP contribution in [-0.2, 0) is 29.0 Å². The number of rotatable bonds is 7. The molecule has 1 fully saturated rings. The first kappa shape index (κ1) is 21.8. The van der Waals surface area contributed by atoms with E-state index in [0.29, 0.717) is 19.8 Å². The van der Waals surface area contributed by atoms with Crippen molar-refractivity contribution in [3.05, 3.63) is 41.5 Å². The molecule has 4 rings (SSSR count). The van der Waals surface area contributed by atoms with Crippen LogP contribution in [0, 0.1) is 5.92 Å². The molecule has 0 radical (unpaired) electrons. The molecule has 31 heavy (non-hydrogen) atoms. The molecule has 1 aromatic heterocycles. The zero-order chi connectivity index (χ0) is 21.6. The van der Waals surface area contributed by atoms with E-state index in [0.717, 1.165) is 62.8 Å². The predicted molar refractivity (Wildman–Crippen MR) is 117 cm³/mol. The molecule has 1 N–H and O–H groups in total. The molecule has 1 atom stereocenters. The summed E-state index contributed by atoms with van der Waals surface area (Å²) in [7, 11) is 0. The van der Waals surface area contributed by atoms with Crippen LogP contribution in [0.1, 0.15) is 49.9 Å². The smallest absolute Gasteiger partial charge is 0.223 e. The van der Waals surface area contributed by atoms with Gasteiger partial charge in [0, 0.05) is 57.3 Å². The number of fused-ring (bicyclic) bond motifs is 1. The number of ether oxygens (including phenoxy) is 2. The monoisotopic (exact) mass is 427 g/mol. The molecule has 8 heteroatoms. The van der Waals surface area contributed by atoms with E-state index in [9.17, 15) is 4.79 Å². The number of hydrogen-bond acceptors (Lipinski definition) is 6. The summed E-state index contributed by atoms with van der Waals surface area (Å²) in [6.07, 6.45) is 2.41. The van der Waals surface area contributed by atoms with Crippen LogP contribution in [-0.4, -0.2) is 58.5 Å². The molecule has 168 valence electrons. The molecule has 1 aromatic carbocycles. The minimum Gasteiger partial charge on any atom is -0.494 e. The van der Waals surface area contributed by atoms with E-state index in [1.807, 2.05) is 26.0 Å². The van der Waals surface area contributed by atoms with Crippen molar-refractivity contribution in [2.75, 3.05) is 32.9 Å². The number of nitrogens with zero attached hydrogens (tertiary/aromatic N) is 4. The Balaban J connectivity index is 1.38. The zero-order valence-electron chi connectivity index (χ0n) is 18.5. The zero-order valence-corrected chi connectivity index (χ0v) is 18.5. The Morgan fingerprint density at radius 1 is 1.23 bits per heavy atom. The lowest BCUT2D eigenvalue weighted by Crippen LogP contribution is -2.36. The van der Waals surface area contributed by atoms with Crippen LogP contribution >= 0.6 is 0 Å². The Morgan fingerprint density at radius 2 is 2.03 bits per heavy atom. The van der Waals surface area contributed by atoms with Gasteiger partial charge in [-0.15, -0.1) is 10.2 Å². The quantitative estimate of drug-likeness (QED) is 0.731. The summed E-state index contributed by atoms with van der Waals surface area (Å²) < 4.78 is 13.3. The highest BCUT2D eigenvalue weighted by molar-refractivity contribution is 5.79. The first-order valence-corrected chi connectivity index (χ1v) is 11.4. The van der Waals surface area contributed by atoms with E-state index in [1.54, 1.807) is 0 Å². The fourth-order valence-electron chi connectivity index (χ4n) is 4.39. The topological polar surface area (TPSA) is 81.5 Å². The number of carbonyl (C=O) groups excluding carboxylic acids is 1. The Labute approximate surface area is 183 Å². The van der Waals surface area contributed by atoms with Crippen molar-refractivity contribution in [1.29, 1.82) is 0 Å². The molecule has 1 amide bonds. The van der Waals surface area contributed by atoms with Gasteiger partial charge < -0.3 is 19.4 Å². The summed E-state index contributed by atoms with van der Waals surface area (Å²) in [5.74, 6) is 2.91. The van der Waals surface area contributed by atoms with Gasteiger partial charge in [-0.2, -0.15) is 0 Å². The molecule has 0 unspecified atom stereocenters. The maximum Gasteiger partial charge on any atom is 0.223 e. The number of para-hydroxylation sites is 1. The normalized spacial score (nSPS) is 18.8. The number of carbonyl (C=O) groups is 1. The number of amides is 1. The third-order valence-corrected chi connectivity index (χ3v) is 6.15. The van der Waals surface area contributed by atoms with Gasteiger partial charge in [-0.1, -0.05) is 18.2 Å². The lowest BCUT2D eigenvalue weighted by Gasteiger charge is -2.24. The summed E-state index contributed by atoms with van der Waals surface area (Å²) in [5.41, 5.74) is 1.21. The molecule has 0 saturated carbocycles. The van der Waals surface area contributed by atoms with Crippen LogP contribution in [0.25, 0.3) is 0 Å². The van der Waals surface area contributed by atoms with Gasteiger partial charge in [0.1, 0.15) is 11.6 Å². The van der Waals surface area contributed by atoms with E-state index in [2.05, 4.69) is 37.1 Å². The largest absolute Gasteiger partial charge is 0.494 e. The second-order valence-electron chi connectivity index (χ2n) is 8.31. The summed E-state index contributed by atoms with van der Waals surface area (Å²) in [4.78, 5) is 15.1. The second-order valence-corrected chi connectivity index (χ2v) is 8.31. The van der Waals surface area contributed by atoms with E-state index >= 15 is 0 Å². The molecule has 0 spiro atoms. The van der Waals surface area contributed by atoms with E-state index in [-0.39, 0.29) is 17.9 Å². The maximum absolute atomic E-state index is 12.6. The van der Waals surface area contributed by atoms with Crippen molar-refractivity contribution < 1.29 is 14.3 Å². The molecular weight excluding hydrogens is 394 g/mol. The highest BCUT2D eigenvalue weighted by Crippen LogP contribution is 2.22. The number of nitrogens with one attached hydrogen (secondary N) is 1. The van der Waals surface area contributed by atoms with Crippen LogP contribution in [0.4, 0.5) is 0 Å². The predicted octanol–water partition coefficient (Wildman–Crippen LogP) is 2.34. The highest BCUT2D eigenvalue weighted by atomic mass is 16.5. The van der Waals surface area contributed by atoms with Gasteiger partial charge in [-0.05, 0) is 32.8 Å². The van der Waals surface area contributed by atoms with E-state index in [4.69, 9.17) is 9.47 Å². The van der Waals surface area contributed by atoms with Gasteiger partial charge in [0.25, 0.3) is 0 Å². The fraction of sp³-hybridized carbons (Fsp3) is 0.609. The fourth-order valence-corrected chi connectivity index (χ4v) is 4.39. The summed E-state index contributed by atoms with van der Waals surface area (Å²) >= 11 is 0. The van der Waals surface area contributed by atoms with Gasteiger partial charge in [-0.25, -0.2) is 0 Å². The highest BCUT2D eigenvalue weighted by Gasteiger charge is 2.26. The third kappa shape index (κ3) is 5.25. The summed E-state index contributed by atoms with van der Waals surface area (Å²) in [5, 5.41) is 12.0. The van der Waals surface area contributed by atoms with Gasteiger partial charge in [0.05, 0.1) is 12.6 Å². The van der Waals surface area contributed by atoms with Crippen LogP contribution in [0.3, 0.4) is 0 Å². The van der Waals surface area contributed by atoms with E-state index in [1.165, 1.54) is 5.56 Å². The van der Waals surface area contributed by atoms with Crippen LogP contribution < -0.4 is 10.1 Å². The molecule has 2 aliphatic rings. The lowest BCUT2D eigenvalue weighted by atomic mass is 9.99. The molecule has 0 bridgehead atoms. The summed E-state index contributed by atoms with van der Waals surface area (Å²) in [6.45, 7) is 9.48. The van der Waals surface area contributed by atoms with Crippen molar-refractivity contribution >= 4 is 5.91 Å². The third-order valence-electron chi connectivity index (χ3n) is 6.15. The average molecular weight is 428 g/mol. The Bertz CT molecular complexity index is 878. The Kier molecular flexibility index (Phi) is 7.19. The van der Waals surface area contributed by atoms with Crippen LogP contribution in [0.5, 0.6) is 5.75 Å². The summed E-state index contributed by atoms with van der Waals surface area (Å²) in [6, 6.07) is 8.08.